The van der Waals surface area contributed by atoms with Crippen LogP contribution in [0.4, 0.5) is 11.9 Å². The van der Waals surface area contributed by atoms with Crippen molar-refractivity contribution in [2.45, 2.75) is 25.4 Å². The molecule has 0 saturated carbocycles. The number of hydrogen-bond donors (Lipinski definition) is 2. The quantitative estimate of drug-likeness (QED) is 0.733. The maximum atomic E-state index is 11.4. The van der Waals surface area contributed by atoms with Crippen LogP contribution in [0.3, 0.4) is 0 Å². The molecule has 3 aromatic rings. The summed E-state index contributed by atoms with van der Waals surface area (Å²) in [5.41, 5.74) is 2.28. The van der Waals surface area contributed by atoms with E-state index in [0.29, 0.717) is 16.9 Å². The molecule has 1 aliphatic rings. The molecule has 2 atom stereocenters. The predicted molar refractivity (Wildman–Crippen MR) is 101 cm³/mol. The Morgan fingerprint density at radius 1 is 1.15 bits per heavy atom. The molecule has 7 heteroatoms. The van der Waals surface area contributed by atoms with Gasteiger partial charge in [0.1, 0.15) is 0 Å². The second-order valence-corrected chi connectivity index (χ2v) is 6.73. The van der Waals surface area contributed by atoms with Crippen LogP contribution in [0.1, 0.15) is 36.6 Å². The Morgan fingerprint density at radius 2 is 1.88 bits per heavy atom. The highest BCUT2D eigenvalue weighted by atomic mass is 35.5. The zero-order valence-corrected chi connectivity index (χ0v) is 14.9. The molecule has 1 amide bonds. The fraction of sp³-hybridized carbons (Fsp3) is 0.211. The fourth-order valence-corrected chi connectivity index (χ4v) is 3.38. The van der Waals surface area contributed by atoms with E-state index in [1.807, 2.05) is 47.1 Å². The molecular formula is C19H18ClN5O. The molecule has 2 unspecified atom stereocenters. The highest BCUT2D eigenvalue weighted by Crippen LogP contribution is 2.38. The van der Waals surface area contributed by atoms with E-state index in [0.717, 1.165) is 17.5 Å². The van der Waals surface area contributed by atoms with Gasteiger partial charge in [0.2, 0.25) is 11.9 Å². The average Bonchev–Trinajstić information content (AvgIpc) is 3.03. The third-order valence-electron chi connectivity index (χ3n) is 4.43. The number of aromatic nitrogens is 3. The predicted octanol–water partition coefficient (Wildman–Crippen LogP) is 4.04. The minimum Gasteiger partial charge on any atom is -0.347 e. The van der Waals surface area contributed by atoms with Gasteiger partial charge in [-0.05, 0) is 29.7 Å². The summed E-state index contributed by atoms with van der Waals surface area (Å²) >= 11 is 6.02. The molecule has 0 spiro atoms. The van der Waals surface area contributed by atoms with Crippen molar-refractivity contribution in [3.05, 3.63) is 70.7 Å². The van der Waals surface area contributed by atoms with Crippen LogP contribution in [-0.4, -0.2) is 20.7 Å². The number of halogens is 1. The third kappa shape index (κ3) is 3.28. The maximum absolute atomic E-state index is 11.4. The average molecular weight is 368 g/mol. The number of rotatable bonds is 3. The molecule has 0 bridgehead atoms. The molecule has 132 valence electrons. The van der Waals surface area contributed by atoms with E-state index in [9.17, 15) is 4.79 Å². The largest absolute Gasteiger partial charge is 0.347 e. The number of carbonyl (C=O) groups is 1. The minimum absolute atomic E-state index is 0.0168. The summed E-state index contributed by atoms with van der Waals surface area (Å²) in [5.74, 6) is 0.741. The Hall–Kier alpha value is -2.86. The molecule has 2 heterocycles. The number of amides is 1. The number of nitrogens with zero attached hydrogens (tertiary/aromatic N) is 3. The lowest BCUT2D eigenvalue weighted by atomic mass is 9.93. The van der Waals surface area contributed by atoms with Gasteiger partial charge in [-0.3, -0.25) is 10.1 Å². The molecule has 26 heavy (non-hydrogen) atoms. The van der Waals surface area contributed by atoms with Crippen molar-refractivity contribution < 1.29 is 4.79 Å². The van der Waals surface area contributed by atoms with Crippen molar-refractivity contribution in [2.24, 2.45) is 0 Å². The van der Waals surface area contributed by atoms with E-state index in [-0.39, 0.29) is 18.0 Å². The third-order valence-corrected chi connectivity index (χ3v) is 4.69. The molecule has 6 nitrogen and oxygen atoms in total. The molecule has 1 aliphatic heterocycles. The second kappa shape index (κ2) is 6.80. The molecule has 1 aromatic heterocycles. The number of carbonyl (C=O) groups excluding carboxylic acids is 1. The first-order valence-corrected chi connectivity index (χ1v) is 8.79. The van der Waals surface area contributed by atoms with Crippen LogP contribution in [0, 0.1) is 0 Å². The monoisotopic (exact) mass is 367 g/mol. The van der Waals surface area contributed by atoms with Crippen LogP contribution < -0.4 is 10.6 Å². The summed E-state index contributed by atoms with van der Waals surface area (Å²) in [5, 5.41) is 11.3. The summed E-state index contributed by atoms with van der Waals surface area (Å²) in [6, 6.07) is 18.1. The van der Waals surface area contributed by atoms with Gasteiger partial charge in [-0.15, -0.1) is 5.10 Å². The van der Waals surface area contributed by atoms with Crippen LogP contribution >= 0.6 is 11.6 Å². The summed E-state index contributed by atoms with van der Waals surface area (Å²) < 4.78 is 1.84. The molecule has 2 N–H and O–H groups in total. The standard InChI is InChI=1S/C19H18ClN5O/c1-12(26)21-18-23-19-22-16(13-7-9-15(20)10-8-13)11-17(25(19)24-18)14-5-3-2-4-6-14/h2-10,16-17H,11H2,1H3,(H2,21,22,23,24,26). The first-order chi connectivity index (χ1) is 12.6. The Morgan fingerprint density at radius 3 is 2.58 bits per heavy atom. The van der Waals surface area contributed by atoms with Gasteiger partial charge in [0, 0.05) is 11.9 Å². The summed E-state index contributed by atoms with van der Waals surface area (Å²) in [7, 11) is 0. The first-order valence-electron chi connectivity index (χ1n) is 8.41. The minimum atomic E-state index is -0.196. The molecule has 0 saturated heterocycles. The van der Waals surface area contributed by atoms with Crippen molar-refractivity contribution in [3.63, 3.8) is 0 Å². The first kappa shape index (κ1) is 16.6. The topological polar surface area (TPSA) is 71.8 Å². The van der Waals surface area contributed by atoms with E-state index in [1.165, 1.54) is 6.92 Å². The number of benzene rings is 2. The van der Waals surface area contributed by atoms with E-state index in [4.69, 9.17) is 11.6 Å². The van der Waals surface area contributed by atoms with E-state index < -0.39 is 0 Å². The van der Waals surface area contributed by atoms with Crippen LogP contribution in [-0.2, 0) is 4.79 Å². The van der Waals surface area contributed by atoms with Crippen molar-refractivity contribution in [3.8, 4) is 0 Å². The zero-order chi connectivity index (χ0) is 18.1. The lowest BCUT2D eigenvalue weighted by molar-refractivity contribution is -0.114. The number of fused-ring (bicyclic) bond motifs is 1. The zero-order valence-electron chi connectivity index (χ0n) is 14.2. The van der Waals surface area contributed by atoms with Crippen LogP contribution in [0.2, 0.25) is 5.02 Å². The Balaban J connectivity index is 1.74. The number of anilines is 2. The SMILES string of the molecule is CC(=O)Nc1nc2n(n1)C(c1ccccc1)CC(c1ccc(Cl)cc1)N2. The summed E-state index contributed by atoms with van der Waals surface area (Å²) in [4.78, 5) is 15.8. The van der Waals surface area contributed by atoms with E-state index in [1.54, 1.807) is 0 Å². The molecular weight excluding hydrogens is 350 g/mol. The van der Waals surface area contributed by atoms with Crippen LogP contribution in [0.5, 0.6) is 0 Å². The molecule has 0 aliphatic carbocycles. The molecule has 4 rings (SSSR count). The maximum Gasteiger partial charge on any atom is 0.250 e. The van der Waals surface area contributed by atoms with Crippen molar-refractivity contribution in [2.75, 3.05) is 10.6 Å². The summed E-state index contributed by atoms with van der Waals surface area (Å²) in [6.07, 6.45) is 0.807. The highest BCUT2D eigenvalue weighted by molar-refractivity contribution is 6.30. The van der Waals surface area contributed by atoms with E-state index >= 15 is 0 Å². The van der Waals surface area contributed by atoms with Crippen LogP contribution in [0.15, 0.2) is 54.6 Å². The number of nitrogens with one attached hydrogen (secondary N) is 2. The van der Waals surface area contributed by atoms with Gasteiger partial charge in [-0.2, -0.15) is 4.98 Å². The lowest BCUT2D eigenvalue weighted by Gasteiger charge is -2.31. The van der Waals surface area contributed by atoms with Gasteiger partial charge in [0.05, 0.1) is 12.1 Å². The molecule has 2 aromatic carbocycles. The molecule has 0 radical (unpaired) electrons. The normalized spacial score (nSPS) is 18.7. The van der Waals surface area contributed by atoms with Crippen LogP contribution in [0.25, 0.3) is 0 Å². The smallest absolute Gasteiger partial charge is 0.250 e. The van der Waals surface area contributed by atoms with Crippen molar-refractivity contribution >= 4 is 29.4 Å². The number of hydrogen-bond acceptors (Lipinski definition) is 4. The van der Waals surface area contributed by atoms with Crippen molar-refractivity contribution in [1.82, 2.24) is 14.8 Å². The Bertz CT molecular complexity index is 923. The van der Waals surface area contributed by atoms with Gasteiger partial charge in [-0.1, -0.05) is 54.1 Å². The fourth-order valence-electron chi connectivity index (χ4n) is 3.25. The summed E-state index contributed by atoms with van der Waals surface area (Å²) in [6.45, 7) is 1.44. The van der Waals surface area contributed by atoms with Gasteiger partial charge < -0.3 is 5.32 Å². The van der Waals surface area contributed by atoms with Gasteiger partial charge in [-0.25, -0.2) is 4.68 Å². The van der Waals surface area contributed by atoms with Crippen molar-refractivity contribution in [1.29, 1.82) is 0 Å². The Kier molecular flexibility index (Phi) is 4.34. The van der Waals surface area contributed by atoms with Gasteiger partial charge >= 0.3 is 0 Å². The highest BCUT2D eigenvalue weighted by Gasteiger charge is 2.31. The van der Waals surface area contributed by atoms with Gasteiger partial charge in [0.25, 0.3) is 5.95 Å². The van der Waals surface area contributed by atoms with E-state index in [2.05, 4.69) is 32.8 Å². The molecule has 0 fully saturated rings. The second-order valence-electron chi connectivity index (χ2n) is 6.30. The lowest BCUT2D eigenvalue weighted by Crippen LogP contribution is -2.28. The van der Waals surface area contributed by atoms with Gasteiger partial charge in [0.15, 0.2) is 0 Å². The Labute approximate surface area is 156 Å².